The minimum Gasteiger partial charge on any atom is -0.345 e. The molecule has 98 valence electrons. The van der Waals surface area contributed by atoms with Crippen molar-refractivity contribution < 1.29 is 4.79 Å². The Morgan fingerprint density at radius 2 is 2.05 bits per heavy atom. The molecule has 1 amide bonds. The number of carbonyl (C=O) groups is 1. The molecule has 4 rings (SSSR count). The zero-order valence-electron chi connectivity index (χ0n) is 10.9. The number of aromatic nitrogens is 2. The first-order valence-corrected chi connectivity index (χ1v) is 7.03. The summed E-state index contributed by atoms with van der Waals surface area (Å²) >= 11 is 0. The Morgan fingerprint density at radius 1 is 1.26 bits per heavy atom. The van der Waals surface area contributed by atoms with Crippen LogP contribution < -0.4 is 0 Å². The topological polar surface area (TPSA) is 49.0 Å². The number of carbonyl (C=O) groups excluding carboxylic acids is 1. The van der Waals surface area contributed by atoms with Gasteiger partial charge in [0.2, 0.25) is 5.91 Å². The van der Waals surface area contributed by atoms with Crippen LogP contribution in [0.15, 0.2) is 24.5 Å². The fourth-order valence-electron chi connectivity index (χ4n) is 3.21. The van der Waals surface area contributed by atoms with Crippen LogP contribution in [-0.2, 0) is 10.2 Å². The molecule has 19 heavy (non-hydrogen) atoms. The molecule has 1 saturated carbocycles. The van der Waals surface area contributed by atoms with Crippen molar-refractivity contribution in [3.63, 3.8) is 0 Å². The molecule has 1 saturated heterocycles. The number of nitrogens with zero attached hydrogens (tertiary/aromatic N) is 2. The maximum absolute atomic E-state index is 12.7. The van der Waals surface area contributed by atoms with Crippen LogP contribution in [0.1, 0.15) is 31.2 Å². The number of hydrogen-bond acceptors (Lipinski definition) is 2. The lowest BCUT2D eigenvalue weighted by molar-refractivity contribution is -0.132. The molecule has 2 fully saturated rings. The molecule has 1 aromatic carbocycles. The summed E-state index contributed by atoms with van der Waals surface area (Å²) in [6.45, 7) is 1.87. The molecule has 2 aliphatic rings. The number of likely N-dealkylation sites (tertiary alicyclic amines) is 1. The molecule has 2 aromatic rings. The molecule has 0 atom stereocenters. The number of H-pyrrole nitrogens is 1. The van der Waals surface area contributed by atoms with Gasteiger partial charge in [0.15, 0.2) is 0 Å². The van der Waals surface area contributed by atoms with E-state index < -0.39 is 0 Å². The van der Waals surface area contributed by atoms with Crippen LogP contribution in [0.2, 0.25) is 0 Å². The maximum atomic E-state index is 12.7. The third kappa shape index (κ3) is 1.59. The van der Waals surface area contributed by atoms with E-state index in [2.05, 4.69) is 22.1 Å². The highest BCUT2D eigenvalue weighted by Gasteiger charge is 2.53. The number of amides is 1. The van der Waals surface area contributed by atoms with E-state index in [-0.39, 0.29) is 5.41 Å². The largest absolute Gasteiger partial charge is 0.345 e. The lowest BCUT2D eigenvalue weighted by Gasteiger charge is -2.23. The highest BCUT2D eigenvalue weighted by Crippen LogP contribution is 2.50. The third-order valence-corrected chi connectivity index (χ3v) is 4.53. The SMILES string of the molecule is O=C(N1CCCC1)C1(c2ccc3nc[nH]c3c2)CC1. The first kappa shape index (κ1) is 11.0. The normalized spacial score (nSPS) is 20.9. The molecule has 1 aliphatic heterocycles. The van der Waals surface area contributed by atoms with Gasteiger partial charge in [-0.05, 0) is 43.4 Å². The molecular formula is C15H17N3O. The Balaban J connectivity index is 1.71. The molecule has 0 spiro atoms. The summed E-state index contributed by atoms with van der Waals surface area (Å²) in [7, 11) is 0. The summed E-state index contributed by atoms with van der Waals surface area (Å²) in [6.07, 6.45) is 5.99. The van der Waals surface area contributed by atoms with Gasteiger partial charge in [0.1, 0.15) is 0 Å². The highest BCUT2D eigenvalue weighted by molar-refractivity contribution is 5.92. The first-order valence-electron chi connectivity index (χ1n) is 7.03. The van der Waals surface area contributed by atoms with E-state index in [9.17, 15) is 4.79 Å². The van der Waals surface area contributed by atoms with Gasteiger partial charge < -0.3 is 9.88 Å². The molecule has 0 radical (unpaired) electrons. The van der Waals surface area contributed by atoms with E-state index >= 15 is 0 Å². The minimum atomic E-state index is -0.232. The molecule has 1 N–H and O–H groups in total. The lowest BCUT2D eigenvalue weighted by atomic mass is 9.94. The van der Waals surface area contributed by atoms with Crippen molar-refractivity contribution >= 4 is 16.9 Å². The van der Waals surface area contributed by atoms with E-state index in [4.69, 9.17) is 0 Å². The fourth-order valence-corrected chi connectivity index (χ4v) is 3.21. The molecule has 1 aliphatic carbocycles. The van der Waals surface area contributed by atoms with Crippen molar-refractivity contribution in [3.8, 4) is 0 Å². The van der Waals surface area contributed by atoms with Gasteiger partial charge in [-0.15, -0.1) is 0 Å². The predicted octanol–water partition coefficient (Wildman–Crippen LogP) is 2.22. The number of nitrogens with one attached hydrogen (secondary N) is 1. The Kier molecular flexibility index (Phi) is 2.22. The van der Waals surface area contributed by atoms with E-state index in [0.717, 1.165) is 55.4 Å². The van der Waals surface area contributed by atoms with Gasteiger partial charge in [0.05, 0.1) is 22.8 Å². The molecule has 0 unspecified atom stereocenters. The first-order chi connectivity index (χ1) is 9.29. The Morgan fingerprint density at radius 3 is 2.79 bits per heavy atom. The van der Waals surface area contributed by atoms with Gasteiger partial charge in [-0.3, -0.25) is 4.79 Å². The van der Waals surface area contributed by atoms with E-state index in [1.165, 1.54) is 0 Å². The summed E-state index contributed by atoms with van der Waals surface area (Å²) in [5.74, 6) is 0.337. The van der Waals surface area contributed by atoms with Crippen molar-refractivity contribution in [2.24, 2.45) is 0 Å². The van der Waals surface area contributed by atoms with Crippen LogP contribution in [0, 0.1) is 0 Å². The number of rotatable bonds is 2. The van der Waals surface area contributed by atoms with Crippen molar-refractivity contribution in [2.45, 2.75) is 31.1 Å². The number of aromatic amines is 1. The maximum Gasteiger partial charge on any atom is 0.233 e. The number of fused-ring (bicyclic) bond motifs is 1. The Labute approximate surface area is 111 Å². The minimum absolute atomic E-state index is 0.232. The molecule has 4 nitrogen and oxygen atoms in total. The number of hydrogen-bond donors (Lipinski definition) is 1. The Hall–Kier alpha value is -1.84. The smallest absolute Gasteiger partial charge is 0.233 e. The Bertz CT molecular complexity index is 636. The van der Waals surface area contributed by atoms with E-state index in [1.54, 1.807) is 6.33 Å². The fraction of sp³-hybridized carbons (Fsp3) is 0.467. The summed E-state index contributed by atoms with van der Waals surface area (Å²) in [5, 5.41) is 0. The number of benzene rings is 1. The quantitative estimate of drug-likeness (QED) is 0.894. The lowest BCUT2D eigenvalue weighted by Crippen LogP contribution is -2.37. The van der Waals surface area contributed by atoms with Gasteiger partial charge >= 0.3 is 0 Å². The molecule has 0 bridgehead atoms. The summed E-state index contributed by atoms with van der Waals surface area (Å²) in [6, 6.07) is 6.19. The van der Waals surface area contributed by atoms with Crippen molar-refractivity contribution in [1.82, 2.24) is 14.9 Å². The highest BCUT2D eigenvalue weighted by atomic mass is 16.2. The molecular weight excluding hydrogens is 238 g/mol. The second-order valence-electron chi connectivity index (χ2n) is 5.72. The van der Waals surface area contributed by atoms with Crippen LogP contribution >= 0.6 is 0 Å². The van der Waals surface area contributed by atoms with Gasteiger partial charge in [-0.25, -0.2) is 4.98 Å². The molecule has 2 heterocycles. The number of imidazole rings is 1. The van der Waals surface area contributed by atoms with E-state index in [1.807, 2.05) is 11.0 Å². The average Bonchev–Trinajstić information content (AvgIpc) is 2.90. The van der Waals surface area contributed by atoms with Crippen LogP contribution in [0.3, 0.4) is 0 Å². The van der Waals surface area contributed by atoms with Crippen LogP contribution in [0.4, 0.5) is 0 Å². The van der Waals surface area contributed by atoms with Crippen LogP contribution in [0.25, 0.3) is 11.0 Å². The van der Waals surface area contributed by atoms with Crippen molar-refractivity contribution in [3.05, 3.63) is 30.1 Å². The van der Waals surface area contributed by atoms with Gasteiger partial charge in [0, 0.05) is 13.1 Å². The second-order valence-corrected chi connectivity index (χ2v) is 5.72. The zero-order valence-corrected chi connectivity index (χ0v) is 10.9. The van der Waals surface area contributed by atoms with Crippen molar-refractivity contribution in [1.29, 1.82) is 0 Å². The summed E-state index contributed by atoms with van der Waals surface area (Å²) < 4.78 is 0. The average molecular weight is 255 g/mol. The summed E-state index contributed by atoms with van der Waals surface area (Å²) in [4.78, 5) is 22.1. The molecule has 4 heteroatoms. The van der Waals surface area contributed by atoms with Gasteiger partial charge in [0.25, 0.3) is 0 Å². The molecule has 1 aromatic heterocycles. The zero-order chi connectivity index (χ0) is 12.9. The second kappa shape index (κ2) is 3.83. The summed E-state index contributed by atoms with van der Waals surface area (Å²) in [5.41, 5.74) is 2.91. The van der Waals surface area contributed by atoms with Crippen LogP contribution in [0.5, 0.6) is 0 Å². The van der Waals surface area contributed by atoms with Crippen LogP contribution in [-0.4, -0.2) is 33.9 Å². The third-order valence-electron chi connectivity index (χ3n) is 4.53. The van der Waals surface area contributed by atoms with Gasteiger partial charge in [-0.2, -0.15) is 0 Å². The standard InChI is InChI=1S/C15H17N3O/c19-14(18-7-1-2-8-18)15(5-6-15)11-3-4-12-13(9-11)17-10-16-12/h3-4,9-10H,1-2,5-8H2,(H,16,17). The van der Waals surface area contributed by atoms with Crippen molar-refractivity contribution in [2.75, 3.05) is 13.1 Å². The van der Waals surface area contributed by atoms with Gasteiger partial charge in [-0.1, -0.05) is 6.07 Å². The predicted molar refractivity (Wildman–Crippen MR) is 72.8 cm³/mol. The monoisotopic (exact) mass is 255 g/mol. The van der Waals surface area contributed by atoms with E-state index in [0.29, 0.717) is 5.91 Å².